The molecule has 0 spiro atoms. The molecule has 0 aliphatic carbocycles. The van der Waals surface area contributed by atoms with Crippen molar-refractivity contribution in [3.05, 3.63) is 54.3 Å². The standard InChI is InChI=1S/C17H16F4N2O3S/c18-13-5-1-2-6-14(13)22-9-11-23(12-10-22)27(24,25)16-8-4-3-7-15(16)26-17(19,20)21/h1-8H,9-12H2. The number of anilines is 1. The number of sulfonamides is 1. The first-order valence-corrected chi connectivity index (χ1v) is 9.47. The number of alkyl halides is 3. The molecule has 0 unspecified atom stereocenters. The Morgan fingerprint density at radius 3 is 2.11 bits per heavy atom. The summed E-state index contributed by atoms with van der Waals surface area (Å²) in [6.07, 6.45) is -5.00. The molecule has 10 heteroatoms. The van der Waals surface area contributed by atoms with E-state index in [2.05, 4.69) is 4.74 Å². The Labute approximate surface area is 153 Å². The summed E-state index contributed by atoms with van der Waals surface area (Å²) in [5, 5.41) is 0. The lowest BCUT2D eigenvalue weighted by molar-refractivity contribution is -0.275. The number of para-hydroxylation sites is 2. The molecule has 3 rings (SSSR count). The van der Waals surface area contributed by atoms with Crippen molar-refractivity contribution in [1.82, 2.24) is 4.31 Å². The summed E-state index contributed by atoms with van der Waals surface area (Å²) in [4.78, 5) is 1.14. The van der Waals surface area contributed by atoms with Crippen LogP contribution in [0.25, 0.3) is 0 Å². The van der Waals surface area contributed by atoms with Gasteiger partial charge in [-0.2, -0.15) is 4.31 Å². The summed E-state index contributed by atoms with van der Waals surface area (Å²) in [5.41, 5.74) is 0.357. The fraction of sp³-hybridized carbons (Fsp3) is 0.294. The fourth-order valence-electron chi connectivity index (χ4n) is 2.89. The van der Waals surface area contributed by atoms with Gasteiger partial charge in [-0.25, -0.2) is 12.8 Å². The summed E-state index contributed by atoms with van der Waals surface area (Å²) in [5.74, 6) is -1.20. The summed E-state index contributed by atoms with van der Waals surface area (Å²) in [6, 6.07) is 10.7. The van der Waals surface area contributed by atoms with E-state index >= 15 is 0 Å². The first-order valence-electron chi connectivity index (χ1n) is 8.03. The van der Waals surface area contributed by atoms with E-state index in [1.165, 1.54) is 18.2 Å². The molecule has 1 fully saturated rings. The molecular weight excluding hydrogens is 388 g/mol. The van der Waals surface area contributed by atoms with Crippen LogP contribution in [0.4, 0.5) is 23.2 Å². The third-order valence-electron chi connectivity index (χ3n) is 4.12. The molecule has 1 heterocycles. The van der Waals surface area contributed by atoms with E-state index in [1.807, 2.05) is 0 Å². The normalized spacial score (nSPS) is 16.4. The van der Waals surface area contributed by atoms with E-state index in [1.54, 1.807) is 23.1 Å². The van der Waals surface area contributed by atoms with Crippen LogP contribution in [0, 0.1) is 5.82 Å². The number of hydrogen-bond donors (Lipinski definition) is 0. The summed E-state index contributed by atoms with van der Waals surface area (Å²) in [7, 11) is -4.19. The Bertz CT molecular complexity index is 910. The van der Waals surface area contributed by atoms with Gasteiger partial charge in [-0.15, -0.1) is 13.2 Å². The SMILES string of the molecule is O=S(=O)(c1ccccc1OC(F)(F)F)N1CCN(c2ccccc2F)CC1. The zero-order valence-electron chi connectivity index (χ0n) is 14.0. The van der Waals surface area contributed by atoms with Gasteiger partial charge in [0, 0.05) is 26.2 Å². The molecule has 1 aliphatic rings. The highest BCUT2D eigenvalue weighted by atomic mass is 32.2. The molecule has 146 valence electrons. The average Bonchev–Trinajstić information content (AvgIpc) is 2.61. The van der Waals surface area contributed by atoms with Gasteiger partial charge >= 0.3 is 6.36 Å². The molecule has 0 N–H and O–H groups in total. The molecule has 1 aliphatic heterocycles. The second kappa shape index (κ2) is 7.35. The van der Waals surface area contributed by atoms with Crippen molar-refractivity contribution in [3.8, 4) is 5.75 Å². The van der Waals surface area contributed by atoms with E-state index in [9.17, 15) is 26.0 Å². The number of ether oxygens (including phenoxy) is 1. The monoisotopic (exact) mass is 404 g/mol. The van der Waals surface area contributed by atoms with Crippen molar-refractivity contribution in [1.29, 1.82) is 0 Å². The van der Waals surface area contributed by atoms with Gasteiger partial charge in [0.2, 0.25) is 10.0 Å². The average molecular weight is 404 g/mol. The Morgan fingerprint density at radius 1 is 0.889 bits per heavy atom. The highest BCUT2D eigenvalue weighted by Crippen LogP contribution is 2.32. The molecule has 0 aromatic heterocycles. The molecule has 0 atom stereocenters. The number of rotatable bonds is 4. The number of halogens is 4. The molecule has 0 radical (unpaired) electrons. The smallest absolute Gasteiger partial charge is 0.404 e. The van der Waals surface area contributed by atoms with Gasteiger partial charge in [0.15, 0.2) is 0 Å². The zero-order valence-corrected chi connectivity index (χ0v) is 14.8. The Hall–Kier alpha value is -2.33. The molecule has 2 aromatic carbocycles. The Balaban J connectivity index is 1.79. The van der Waals surface area contributed by atoms with E-state index in [4.69, 9.17) is 0 Å². The molecule has 5 nitrogen and oxygen atoms in total. The molecule has 0 bridgehead atoms. The molecule has 0 amide bonds. The van der Waals surface area contributed by atoms with Gasteiger partial charge in [-0.1, -0.05) is 24.3 Å². The van der Waals surface area contributed by atoms with Crippen molar-refractivity contribution >= 4 is 15.7 Å². The van der Waals surface area contributed by atoms with Gasteiger partial charge in [-0.3, -0.25) is 0 Å². The van der Waals surface area contributed by atoms with Crippen molar-refractivity contribution < 1.29 is 30.7 Å². The van der Waals surface area contributed by atoms with Crippen LogP contribution < -0.4 is 9.64 Å². The van der Waals surface area contributed by atoms with Crippen molar-refractivity contribution in [3.63, 3.8) is 0 Å². The molecule has 27 heavy (non-hydrogen) atoms. The highest BCUT2D eigenvalue weighted by Gasteiger charge is 2.36. The number of benzene rings is 2. The minimum Gasteiger partial charge on any atom is -0.404 e. The van der Waals surface area contributed by atoms with Crippen LogP contribution in [-0.2, 0) is 10.0 Å². The van der Waals surface area contributed by atoms with Crippen molar-refractivity contribution in [2.45, 2.75) is 11.3 Å². The van der Waals surface area contributed by atoms with Crippen molar-refractivity contribution in [2.24, 2.45) is 0 Å². The van der Waals surface area contributed by atoms with Gasteiger partial charge in [0.05, 0.1) is 5.69 Å². The van der Waals surface area contributed by atoms with Crippen molar-refractivity contribution in [2.75, 3.05) is 31.1 Å². The van der Waals surface area contributed by atoms with Crippen LogP contribution in [0.3, 0.4) is 0 Å². The predicted molar refractivity (Wildman–Crippen MR) is 90.5 cm³/mol. The summed E-state index contributed by atoms with van der Waals surface area (Å²) < 4.78 is 82.1. The van der Waals surface area contributed by atoms with Crippen LogP contribution in [0.2, 0.25) is 0 Å². The van der Waals surface area contributed by atoms with Gasteiger partial charge in [0.25, 0.3) is 0 Å². The van der Waals surface area contributed by atoms with Crippen LogP contribution in [0.1, 0.15) is 0 Å². The maximum atomic E-state index is 13.9. The van der Waals surface area contributed by atoms with E-state index in [-0.39, 0.29) is 26.2 Å². The van der Waals surface area contributed by atoms with E-state index < -0.39 is 32.8 Å². The topological polar surface area (TPSA) is 49.9 Å². The van der Waals surface area contributed by atoms with E-state index in [0.29, 0.717) is 5.69 Å². The third kappa shape index (κ3) is 4.33. The minimum atomic E-state index is -5.00. The first-order chi connectivity index (χ1) is 12.7. The van der Waals surface area contributed by atoms with Crippen LogP contribution in [0.5, 0.6) is 5.75 Å². The number of piperazine rings is 1. The van der Waals surface area contributed by atoms with Gasteiger partial charge in [-0.05, 0) is 24.3 Å². The molecule has 2 aromatic rings. The predicted octanol–water partition coefficient (Wildman–Crippen LogP) is 3.24. The molecule has 1 saturated heterocycles. The van der Waals surface area contributed by atoms with Crippen LogP contribution in [-0.4, -0.2) is 45.3 Å². The Kier molecular flexibility index (Phi) is 5.29. The van der Waals surface area contributed by atoms with Crippen LogP contribution >= 0.6 is 0 Å². The molecular formula is C17H16F4N2O3S. The number of nitrogens with zero attached hydrogens (tertiary/aromatic N) is 2. The minimum absolute atomic E-state index is 0.0109. The largest absolute Gasteiger partial charge is 0.573 e. The first kappa shape index (κ1) is 19.4. The summed E-state index contributed by atoms with van der Waals surface area (Å²) in [6.45, 7) is 0.443. The van der Waals surface area contributed by atoms with E-state index in [0.717, 1.165) is 16.4 Å². The second-order valence-corrected chi connectivity index (χ2v) is 7.74. The van der Waals surface area contributed by atoms with Gasteiger partial charge in [0.1, 0.15) is 16.5 Å². The lowest BCUT2D eigenvalue weighted by atomic mass is 10.2. The maximum absolute atomic E-state index is 13.9. The lowest BCUT2D eigenvalue weighted by Crippen LogP contribution is -2.49. The zero-order chi connectivity index (χ0) is 19.7. The third-order valence-corrected chi connectivity index (χ3v) is 6.06. The maximum Gasteiger partial charge on any atom is 0.573 e. The highest BCUT2D eigenvalue weighted by molar-refractivity contribution is 7.89. The summed E-state index contributed by atoms with van der Waals surface area (Å²) >= 11 is 0. The molecule has 0 saturated carbocycles. The quantitative estimate of drug-likeness (QED) is 0.735. The van der Waals surface area contributed by atoms with Crippen LogP contribution in [0.15, 0.2) is 53.4 Å². The lowest BCUT2D eigenvalue weighted by Gasteiger charge is -2.35. The Morgan fingerprint density at radius 2 is 1.48 bits per heavy atom. The van der Waals surface area contributed by atoms with Gasteiger partial charge < -0.3 is 9.64 Å². The number of hydrogen-bond acceptors (Lipinski definition) is 4. The second-order valence-electron chi connectivity index (χ2n) is 5.84. The fourth-order valence-corrected chi connectivity index (χ4v) is 4.43.